The van der Waals surface area contributed by atoms with Crippen LogP contribution in [0.2, 0.25) is 0 Å². The Kier molecular flexibility index (Phi) is 6.85. The van der Waals surface area contributed by atoms with E-state index in [1.165, 1.54) is 14.1 Å². The first kappa shape index (κ1) is 20.0. The van der Waals surface area contributed by atoms with E-state index in [-0.39, 0.29) is 17.3 Å². The summed E-state index contributed by atoms with van der Waals surface area (Å²) in [5, 5.41) is 0. The fourth-order valence-electron chi connectivity index (χ4n) is 2.11. The van der Waals surface area contributed by atoms with Crippen LogP contribution in [0.5, 0.6) is 0 Å². The number of halogens is 1. The van der Waals surface area contributed by atoms with Gasteiger partial charge in [0.2, 0.25) is 15.9 Å². The maximum Gasteiger partial charge on any atom is 0.257 e. The average Bonchev–Trinajstić information content (AvgIpc) is 2.55. The van der Waals surface area contributed by atoms with Gasteiger partial charge in [-0.25, -0.2) is 17.5 Å². The maximum atomic E-state index is 13.9. The summed E-state index contributed by atoms with van der Waals surface area (Å²) in [5.41, 5.74) is -0.402. The molecule has 0 unspecified atom stereocenters. The van der Waals surface area contributed by atoms with Gasteiger partial charge in [0.05, 0.1) is 17.0 Å². The number of nitrogens with zero attached hydrogens (tertiary/aromatic N) is 2. The minimum absolute atomic E-state index is 0.219. The molecule has 0 atom stereocenters. The van der Waals surface area contributed by atoms with E-state index in [0.717, 1.165) is 23.1 Å². The molecule has 0 aliphatic heterocycles. The molecular formula is C15H22FN3O4S. The summed E-state index contributed by atoms with van der Waals surface area (Å²) in [6, 6.07) is 2.94. The van der Waals surface area contributed by atoms with E-state index in [0.29, 0.717) is 13.1 Å². The summed E-state index contributed by atoms with van der Waals surface area (Å²) in [6.45, 7) is 4.41. The molecule has 7 nitrogen and oxygen atoms in total. The van der Waals surface area contributed by atoms with Crippen molar-refractivity contribution in [2.75, 3.05) is 33.7 Å². The van der Waals surface area contributed by atoms with Gasteiger partial charge in [0.1, 0.15) is 5.82 Å². The average molecular weight is 359 g/mol. The number of rotatable bonds is 7. The van der Waals surface area contributed by atoms with E-state index in [9.17, 15) is 22.4 Å². The van der Waals surface area contributed by atoms with Crippen LogP contribution >= 0.6 is 0 Å². The number of amides is 2. The van der Waals surface area contributed by atoms with Crippen LogP contribution in [0.3, 0.4) is 0 Å². The lowest BCUT2D eigenvalue weighted by atomic mass is 10.2. The predicted octanol–water partition coefficient (Wildman–Crippen LogP) is 0.674. The molecule has 9 heteroatoms. The zero-order chi connectivity index (χ0) is 18.5. The van der Waals surface area contributed by atoms with Crippen LogP contribution in [0.15, 0.2) is 23.1 Å². The predicted molar refractivity (Wildman–Crippen MR) is 87.5 cm³/mol. The molecule has 0 spiro atoms. The van der Waals surface area contributed by atoms with Crippen molar-refractivity contribution < 1.29 is 22.4 Å². The molecule has 0 radical (unpaired) electrons. The lowest BCUT2D eigenvalue weighted by molar-refractivity contribution is -0.131. The zero-order valence-corrected chi connectivity index (χ0v) is 15.0. The van der Waals surface area contributed by atoms with Crippen LogP contribution in [-0.4, -0.2) is 63.8 Å². The van der Waals surface area contributed by atoms with Crippen LogP contribution in [-0.2, 0) is 14.8 Å². The fraction of sp³-hybridized carbons (Fsp3) is 0.467. The summed E-state index contributed by atoms with van der Waals surface area (Å²) in [4.78, 5) is 26.8. The molecule has 1 rings (SSSR count). The second-order valence-corrected chi connectivity index (χ2v) is 6.96. The molecule has 134 valence electrons. The van der Waals surface area contributed by atoms with E-state index in [1.807, 2.05) is 13.8 Å². The topological polar surface area (TPSA) is 86.8 Å². The molecule has 1 aromatic rings. The van der Waals surface area contributed by atoms with Gasteiger partial charge in [-0.3, -0.25) is 9.59 Å². The third-order valence-corrected chi connectivity index (χ3v) is 4.99. The lowest BCUT2D eigenvalue weighted by Gasteiger charge is -2.23. The number of benzene rings is 1. The maximum absolute atomic E-state index is 13.9. The Bertz CT molecular complexity index is 717. The van der Waals surface area contributed by atoms with Crippen molar-refractivity contribution in [3.63, 3.8) is 0 Å². The van der Waals surface area contributed by atoms with E-state index < -0.39 is 27.3 Å². The number of hydrogen-bond donors (Lipinski definition) is 1. The summed E-state index contributed by atoms with van der Waals surface area (Å²) in [6.07, 6.45) is 0. The van der Waals surface area contributed by atoms with Crippen molar-refractivity contribution >= 4 is 21.8 Å². The van der Waals surface area contributed by atoms with Gasteiger partial charge >= 0.3 is 0 Å². The first-order chi connectivity index (χ1) is 11.2. The van der Waals surface area contributed by atoms with Crippen LogP contribution in [0.1, 0.15) is 24.2 Å². The smallest absolute Gasteiger partial charge is 0.257 e. The molecule has 0 aromatic heterocycles. The third kappa shape index (κ3) is 4.51. The van der Waals surface area contributed by atoms with E-state index in [4.69, 9.17) is 0 Å². The number of likely N-dealkylation sites (N-methyl/N-ethyl adjacent to an activating group) is 2. The highest BCUT2D eigenvalue weighted by molar-refractivity contribution is 7.89. The highest BCUT2D eigenvalue weighted by atomic mass is 32.2. The van der Waals surface area contributed by atoms with E-state index in [1.54, 1.807) is 4.90 Å². The second kappa shape index (κ2) is 8.20. The van der Waals surface area contributed by atoms with Crippen molar-refractivity contribution in [2.45, 2.75) is 18.7 Å². The highest BCUT2D eigenvalue weighted by Crippen LogP contribution is 2.16. The SMILES string of the molecule is CCN(CC)C(=O)CN(C)C(=O)c1cc(S(=O)(=O)NC)ccc1F. The molecule has 0 fully saturated rings. The van der Waals surface area contributed by atoms with Gasteiger partial charge in [-0.05, 0) is 39.1 Å². The molecule has 0 aliphatic rings. The monoisotopic (exact) mass is 359 g/mol. The molecular weight excluding hydrogens is 337 g/mol. The van der Waals surface area contributed by atoms with Crippen molar-refractivity contribution in [1.82, 2.24) is 14.5 Å². The Labute approximate surface area is 141 Å². The van der Waals surface area contributed by atoms with Crippen LogP contribution < -0.4 is 4.72 Å². The number of sulfonamides is 1. The summed E-state index contributed by atoms with van der Waals surface area (Å²) >= 11 is 0. The molecule has 0 bridgehead atoms. The number of carbonyl (C=O) groups is 2. The standard InChI is InChI=1S/C15H22FN3O4S/c1-5-19(6-2)14(20)10-18(4)15(21)12-9-11(7-8-13(12)16)24(22,23)17-3/h7-9,17H,5-6,10H2,1-4H3. The fourth-order valence-corrected chi connectivity index (χ4v) is 2.87. The minimum Gasteiger partial charge on any atom is -0.342 e. The van der Waals surface area contributed by atoms with Gasteiger partial charge in [0.25, 0.3) is 5.91 Å². The summed E-state index contributed by atoms with van der Waals surface area (Å²) < 4.78 is 39.6. The largest absolute Gasteiger partial charge is 0.342 e. The number of hydrogen-bond acceptors (Lipinski definition) is 4. The molecule has 2 amide bonds. The molecule has 0 saturated carbocycles. The Balaban J connectivity index is 3.06. The normalized spacial score (nSPS) is 11.2. The first-order valence-corrected chi connectivity index (χ1v) is 8.92. The van der Waals surface area contributed by atoms with Gasteiger partial charge in [-0.2, -0.15) is 0 Å². The molecule has 1 N–H and O–H groups in total. The summed E-state index contributed by atoms with van der Waals surface area (Å²) in [7, 11) is -1.22. The van der Waals surface area contributed by atoms with Crippen molar-refractivity contribution in [2.24, 2.45) is 0 Å². The molecule has 0 aliphatic carbocycles. The number of carbonyl (C=O) groups excluding carboxylic acids is 2. The van der Waals surface area contributed by atoms with Gasteiger partial charge in [0, 0.05) is 20.1 Å². The van der Waals surface area contributed by atoms with Crippen LogP contribution in [0, 0.1) is 5.82 Å². The van der Waals surface area contributed by atoms with Crippen LogP contribution in [0.4, 0.5) is 4.39 Å². The van der Waals surface area contributed by atoms with Crippen molar-refractivity contribution in [3.8, 4) is 0 Å². The Hall–Kier alpha value is -2.00. The van der Waals surface area contributed by atoms with Gasteiger partial charge in [-0.15, -0.1) is 0 Å². The van der Waals surface area contributed by atoms with E-state index >= 15 is 0 Å². The Morgan fingerprint density at radius 2 is 1.79 bits per heavy atom. The molecule has 0 saturated heterocycles. The van der Waals surface area contributed by atoms with Crippen LogP contribution in [0.25, 0.3) is 0 Å². The zero-order valence-electron chi connectivity index (χ0n) is 14.2. The Morgan fingerprint density at radius 3 is 2.29 bits per heavy atom. The van der Waals surface area contributed by atoms with Crippen molar-refractivity contribution in [1.29, 1.82) is 0 Å². The molecule has 0 heterocycles. The van der Waals surface area contributed by atoms with Gasteiger partial charge < -0.3 is 9.80 Å². The summed E-state index contributed by atoms with van der Waals surface area (Å²) in [5.74, 6) is -1.88. The van der Waals surface area contributed by atoms with E-state index in [2.05, 4.69) is 4.72 Å². The molecule has 24 heavy (non-hydrogen) atoms. The highest BCUT2D eigenvalue weighted by Gasteiger charge is 2.23. The minimum atomic E-state index is -3.80. The third-order valence-electron chi connectivity index (χ3n) is 3.58. The Morgan fingerprint density at radius 1 is 1.21 bits per heavy atom. The second-order valence-electron chi connectivity index (χ2n) is 5.08. The quantitative estimate of drug-likeness (QED) is 0.775. The van der Waals surface area contributed by atoms with Crippen molar-refractivity contribution in [3.05, 3.63) is 29.6 Å². The van der Waals surface area contributed by atoms with Gasteiger partial charge in [-0.1, -0.05) is 0 Å². The lowest BCUT2D eigenvalue weighted by Crippen LogP contribution is -2.41. The van der Waals surface area contributed by atoms with Gasteiger partial charge in [0.15, 0.2) is 0 Å². The molecule has 1 aromatic carbocycles. The first-order valence-electron chi connectivity index (χ1n) is 7.44. The number of nitrogens with one attached hydrogen (secondary N) is 1.